The quantitative estimate of drug-likeness (QED) is 0.321. The first-order chi connectivity index (χ1) is 17.5. The van der Waals surface area contributed by atoms with Gasteiger partial charge < -0.3 is 30.7 Å². The Labute approximate surface area is 208 Å². The minimum Gasteiger partial charge on any atom is -0.491 e. The molecule has 0 unspecified atom stereocenters. The second-order valence-corrected chi connectivity index (χ2v) is 9.60. The second-order valence-electron chi connectivity index (χ2n) is 9.60. The van der Waals surface area contributed by atoms with E-state index in [-0.39, 0.29) is 6.61 Å². The fourth-order valence-electron chi connectivity index (χ4n) is 5.51. The lowest BCUT2D eigenvalue weighted by Gasteiger charge is -2.16. The van der Waals surface area contributed by atoms with E-state index in [4.69, 9.17) is 15.2 Å². The van der Waals surface area contributed by atoms with E-state index in [2.05, 4.69) is 20.4 Å². The Kier molecular flexibility index (Phi) is 5.87. The fourth-order valence-corrected chi connectivity index (χ4v) is 5.51. The SMILES string of the molecule is CNc1ccc2ccc(OC[C@H]3O[C@@H](c4cc(C5CCCC5)c5c(N)ncnn45)[C@H](O)[C@@H]3O)cc2n1. The number of nitrogen functional groups attached to an aromatic ring is 1. The van der Waals surface area contributed by atoms with E-state index in [0.717, 1.165) is 40.6 Å². The van der Waals surface area contributed by atoms with Crippen LogP contribution in [-0.4, -0.2) is 61.8 Å². The van der Waals surface area contributed by atoms with Crippen molar-refractivity contribution in [1.29, 1.82) is 0 Å². The Morgan fingerprint density at radius 3 is 2.75 bits per heavy atom. The van der Waals surface area contributed by atoms with Crippen molar-refractivity contribution in [2.45, 2.75) is 56.0 Å². The molecule has 2 aliphatic rings. The maximum absolute atomic E-state index is 10.9. The molecule has 6 rings (SSSR count). The van der Waals surface area contributed by atoms with Crippen LogP contribution in [0.5, 0.6) is 5.75 Å². The lowest BCUT2D eigenvalue weighted by Crippen LogP contribution is -2.34. The molecule has 0 amide bonds. The first kappa shape index (κ1) is 23.0. The summed E-state index contributed by atoms with van der Waals surface area (Å²) >= 11 is 0. The van der Waals surface area contributed by atoms with Crippen LogP contribution in [0.15, 0.2) is 42.7 Å². The number of fused-ring (bicyclic) bond motifs is 2. The molecule has 1 saturated carbocycles. The Balaban J connectivity index is 1.24. The minimum atomic E-state index is -1.14. The zero-order valence-electron chi connectivity index (χ0n) is 20.0. The topological polar surface area (TPSA) is 140 Å². The molecule has 1 saturated heterocycles. The monoisotopic (exact) mass is 490 g/mol. The number of rotatable bonds is 6. The van der Waals surface area contributed by atoms with Gasteiger partial charge in [-0.15, -0.1) is 0 Å². The van der Waals surface area contributed by atoms with Crippen LogP contribution < -0.4 is 15.8 Å². The van der Waals surface area contributed by atoms with Crippen LogP contribution in [0.3, 0.4) is 0 Å². The van der Waals surface area contributed by atoms with Crippen molar-refractivity contribution in [1.82, 2.24) is 19.6 Å². The van der Waals surface area contributed by atoms with E-state index in [9.17, 15) is 10.2 Å². The van der Waals surface area contributed by atoms with E-state index in [1.165, 1.54) is 19.2 Å². The van der Waals surface area contributed by atoms with Crippen LogP contribution in [0.2, 0.25) is 0 Å². The molecule has 2 fully saturated rings. The van der Waals surface area contributed by atoms with Gasteiger partial charge in [0.25, 0.3) is 0 Å². The number of aliphatic hydroxyl groups excluding tert-OH is 2. The van der Waals surface area contributed by atoms with Gasteiger partial charge in [-0.05, 0) is 54.7 Å². The predicted octanol–water partition coefficient (Wildman–Crippen LogP) is 2.80. The normalized spacial score (nSPS) is 24.6. The summed E-state index contributed by atoms with van der Waals surface area (Å²) in [7, 11) is 1.82. The number of hydrogen-bond donors (Lipinski definition) is 4. The van der Waals surface area contributed by atoms with Crippen LogP contribution in [-0.2, 0) is 4.74 Å². The van der Waals surface area contributed by atoms with E-state index < -0.39 is 24.4 Å². The third kappa shape index (κ3) is 3.91. The van der Waals surface area contributed by atoms with Crippen molar-refractivity contribution in [3.8, 4) is 5.75 Å². The Morgan fingerprint density at radius 1 is 1.14 bits per heavy atom. The van der Waals surface area contributed by atoms with Crippen molar-refractivity contribution in [3.63, 3.8) is 0 Å². The number of aromatic nitrogens is 4. The van der Waals surface area contributed by atoms with Crippen LogP contribution in [0.4, 0.5) is 11.6 Å². The average molecular weight is 491 g/mol. The molecule has 0 spiro atoms. The molecule has 4 aromatic rings. The summed E-state index contributed by atoms with van der Waals surface area (Å²) in [6.45, 7) is 0.0713. The maximum Gasteiger partial charge on any atom is 0.151 e. The zero-order valence-corrected chi connectivity index (χ0v) is 20.0. The number of pyridine rings is 1. The third-order valence-electron chi connectivity index (χ3n) is 7.42. The number of nitrogens with two attached hydrogens (primary N) is 1. The second kappa shape index (κ2) is 9.20. The number of aliphatic hydroxyl groups is 2. The van der Waals surface area contributed by atoms with Crippen molar-refractivity contribution >= 4 is 28.1 Å². The molecule has 10 heteroatoms. The number of nitrogens with one attached hydrogen (secondary N) is 1. The molecular weight excluding hydrogens is 460 g/mol. The van der Waals surface area contributed by atoms with E-state index in [0.29, 0.717) is 23.2 Å². The highest BCUT2D eigenvalue weighted by Gasteiger charge is 2.45. The Hall–Kier alpha value is -3.47. The average Bonchev–Trinajstić information content (AvgIpc) is 3.62. The molecule has 0 bridgehead atoms. The number of hydrogen-bond acceptors (Lipinski definition) is 9. The maximum atomic E-state index is 10.9. The molecule has 3 aromatic heterocycles. The van der Waals surface area contributed by atoms with Gasteiger partial charge in [-0.25, -0.2) is 14.5 Å². The van der Waals surface area contributed by atoms with Crippen LogP contribution in [0, 0.1) is 0 Å². The lowest BCUT2D eigenvalue weighted by molar-refractivity contribution is -0.0187. The molecule has 1 aliphatic carbocycles. The fraction of sp³-hybridized carbons (Fsp3) is 0.423. The van der Waals surface area contributed by atoms with Gasteiger partial charge in [0.05, 0.1) is 11.2 Å². The smallest absolute Gasteiger partial charge is 0.151 e. The van der Waals surface area contributed by atoms with Gasteiger partial charge in [-0.2, -0.15) is 5.10 Å². The number of benzene rings is 1. The van der Waals surface area contributed by atoms with E-state index >= 15 is 0 Å². The number of anilines is 2. The van der Waals surface area contributed by atoms with Gasteiger partial charge in [-0.3, -0.25) is 0 Å². The molecule has 10 nitrogen and oxygen atoms in total. The highest BCUT2D eigenvalue weighted by Crippen LogP contribution is 2.42. The summed E-state index contributed by atoms with van der Waals surface area (Å²) in [6, 6.07) is 11.5. The highest BCUT2D eigenvalue weighted by molar-refractivity contribution is 5.81. The molecule has 0 radical (unpaired) electrons. The molecule has 36 heavy (non-hydrogen) atoms. The first-order valence-corrected chi connectivity index (χ1v) is 12.4. The van der Waals surface area contributed by atoms with Gasteiger partial charge in [-0.1, -0.05) is 12.8 Å². The van der Waals surface area contributed by atoms with Gasteiger partial charge >= 0.3 is 0 Å². The van der Waals surface area contributed by atoms with Crippen molar-refractivity contribution in [2.24, 2.45) is 0 Å². The molecule has 1 aromatic carbocycles. The largest absolute Gasteiger partial charge is 0.491 e. The summed E-state index contributed by atoms with van der Waals surface area (Å²) in [6.07, 6.45) is 2.14. The van der Waals surface area contributed by atoms with Gasteiger partial charge in [0.15, 0.2) is 5.82 Å². The van der Waals surface area contributed by atoms with Gasteiger partial charge in [0.2, 0.25) is 0 Å². The molecule has 4 atom stereocenters. The summed E-state index contributed by atoms with van der Waals surface area (Å²) in [5, 5.41) is 30.2. The standard InChI is InChI=1S/C26H30N6O4/c1-28-21-9-7-15-6-8-16(10-18(15)31-21)35-12-20-23(33)24(34)25(36-20)19-11-17(14-4-2-3-5-14)22-26(27)29-13-30-32(19)22/h6-11,13-14,20,23-25,33-34H,2-5,12H2,1H3,(H,28,31)(H2,27,29,30)/t20-,23-,24-,25+/m1/s1. The number of ether oxygens (including phenoxy) is 2. The van der Waals surface area contributed by atoms with Crippen molar-refractivity contribution < 1.29 is 19.7 Å². The lowest BCUT2D eigenvalue weighted by atomic mass is 9.97. The van der Waals surface area contributed by atoms with Crippen molar-refractivity contribution in [2.75, 3.05) is 24.7 Å². The summed E-state index contributed by atoms with van der Waals surface area (Å²) in [5.74, 6) is 2.14. The molecule has 5 N–H and O–H groups in total. The summed E-state index contributed by atoms with van der Waals surface area (Å²) < 4.78 is 13.8. The molecular formula is C26H30N6O4. The first-order valence-electron chi connectivity index (χ1n) is 12.4. The summed E-state index contributed by atoms with van der Waals surface area (Å²) in [5.41, 5.74) is 9.53. The van der Waals surface area contributed by atoms with E-state index in [1.807, 2.05) is 43.4 Å². The third-order valence-corrected chi connectivity index (χ3v) is 7.42. The Morgan fingerprint density at radius 2 is 1.94 bits per heavy atom. The van der Waals surface area contributed by atoms with Crippen LogP contribution >= 0.6 is 0 Å². The van der Waals surface area contributed by atoms with Gasteiger partial charge in [0, 0.05) is 18.5 Å². The van der Waals surface area contributed by atoms with Crippen LogP contribution in [0.25, 0.3) is 16.4 Å². The zero-order chi connectivity index (χ0) is 24.8. The number of nitrogens with zero attached hydrogens (tertiary/aromatic N) is 4. The Bertz CT molecular complexity index is 1400. The molecule has 188 valence electrons. The van der Waals surface area contributed by atoms with Crippen molar-refractivity contribution in [3.05, 3.63) is 54.0 Å². The summed E-state index contributed by atoms with van der Waals surface area (Å²) in [4.78, 5) is 8.73. The highest BCUT2D eigenvalue weighted by atomic mass is 16.6. The molecule has 4 heterocycles. The van der Waals surface area contributed by atoms with Gasteiger partial charge in [0.1, 0.15) is 54.4 Å². The molecule has 1 aliphatic heterocycles. The minimum absolute atomic E-state index is 0.0713. The van der Waals surface area contributed by atoms with Crippen LogP contribution in [0.1, 0.15) is 49.0 Å². The predicted molar refractivity (Wildman–Crippen MR) is 135 cm³/mol. The van der Waals surface area contributed by atoms with E-state index in [1.54, 1.807) is 4.52 Å².